The maximum Gasteiger partial charge on any atom is 0.410 e. The van der Waals surface area contributed by atoms with Crippen LogP contribution in [0.15, 0.2) is 11.6 Å². The summed E-state index contributed by atoms with van der Waals surface area (Å²) in [5.41, 5.74) is -0.559. The normalized spacial score (nSPS) is 18.9. The van der Waals surface area contributed by atoms with Crippen LogP contribution in [0.25, 0.3) is 0 Å². The van der Waals surface area contributed by atoms with Crippen LogP contribution in [0.5, 0.6) is 0 Å². The van der Waals surface area contributed by atoms with Crippen molar-refractivity contribution in [2.75, 3.05) is 6.54 Å². The van der Waals surface area contributed by atoms with Crippen molar-refractivity contribution < 1.29 is 14.3 Å². The zero-order chi connectivity index (χ0) is 16.2. The Balaban J connectivity index is 1.96. The molecule has 0 bridgehead atoms. The Morgan fingerprint density at radius 3 is 2.86 bits per heavy atom. The molecule has 0 spiro atoms. The standard InChI is InChI=1S/C15H23N3O3S/c1-15(2,3)21-14(20)18-8-5-4-6-11(18)13(19)17-10-12-16-7-9-22-12/h7,9,11H,4-6,8,10H2,1-3H3,(H,17,19)/t11-/m0/s1. The lowest BCUT2D eigenvalue weighted by Crippen LogP contribution is -2.52. The van der Waals surface area contributed by atoms with Crippen molar-refractivity contribution in [2.45, 2.75) is 58.2 Å². The predicted molar refractivity (Wildman–Crippen MR) is 84.5 cm³/mol. The third kappa shape index (κ3) is 4.69. The number of amides is 2. The number of rotatable bonds is 3. The summed E-state index contributed by atoms with van der Waals surface area (Å²) in [5, 5.41) is 5.59. The number of likely N-dealkylation sites (tertiary alicyclic amines) is 1. The zero-order valence-electron chi connectivity index (χ0n) is 13.3. The SMILES string of the molecule is CC(C)(C)OC(=O)N1CCCC[C@H]1C(=O)NCc1nccs1. The van der Waals surface area contributed by atoms with Crippen molar-refractivity contribution in [2.24, 2.45) is 0 Å². The largest absolute Gasteiger partial charge is 0.444 e. The smallest absolute Gasteiger partial charge is 0.410 e. The summed E-state index contributed by atoms with van der Waals surface area (Å²) in [7, 11) is 0. The highest BCUT2D eigenvalue weighted by Crippen LogP contribution is 2.20. The lowest BCUT2D eigenvalue weighted by atomic mass is 10.0. The van der Waals surface area contributed by atoms with Crippen LogP contribution in [0.1, 0.15) is 45.0 Å². The molecule has 1 fully saturated rings. The Kier molecular flexibility index (Phi) is 5.39. The van der Waals surface area contributed by atoms with Gasteiger partial charge >= 0.3 is 6.09 Å². The fourth-order valence-electron chi connectivity index (χ4n) is 2.36. The molecule has 6 nitrogen and oxygen atoms in total. The first kappa shape index (κ1) is 16.7. The summed E-state index contributed by atoms with van der Waals surface area (Å²) in [5.74, 6) is -0.138. The molecule has 2 heterocycles. The number of nitrogens with one attached hydrogen (secondary N) is 1. The Labute approximate surface area is 134 Å². The third-order valence-electron chi connectivity index (χ3n) is 3.33. The summed E-state index contributed by atoms with van der Waals surface area (Å²) in [6, 6.07) is -0.455. The highest BCUT2D eigenvalue weighted by molar-refractivity contribution is 7.09. The molecule has 0 aromatic carbocycles. The molecule has 1 N–H and O–H groups in total. The number of carbonyl (C=O) groups excluding carboxylic acids is 2. The van der Waals surface area contributed by atoms with E-state index in [0.29, 0.717) is 19.5 Å². The fourth-order valence-corrected chi connectivity index (χ4v) is 2.92. The molecule has 0 radical (unpaired) electrons. The van der Waals surface area contributed by atoms with Crippen LogP contribution >= 0.6 is 11.3 Å². The van der Waals surface area contributed by atoms with E-state index in [1.54, 1.807) is 11.1 Å². The van der Waals surface area contributed by atoms with E-state index in [-0.39, 0.29) is 5.91 Å². The molecule has 7 heteroatoms. The topological polar surface area (TPSA) is 71.5 Å². The molecule has 22 heavy (non-hydrogen) atoms. The first-order valence-electron chi connectivity index (χ1n) is 7.52. The molecule has 1 aliphatic heterocycles. The van der Waals surface area contributed by atoms with E-state index in [2.05, 4.69) is 10.3 Å². The highest BCUT2D eigenvalue weighted by Gasteiger charge is 2.34. The fraction of sp³-hybridized carbons (Fsp3) is 0.667. The van der Waals surface area contributed by atoms with E-state index < -0.39 is 17.7 Å². The van der Waals surface area contributed by atoms with Gasteiger partial charge in [0.25, 0.3) is 0 Å². The van der Waals surface area contributed by atoms with Crippen LogP contribution in [0.4, 0.5) is 4.79 Å². The summed E-state index contributed by atoms with van der Waals surface area (Å²) in [6.07, 6.45) is 3.80. The third-order valence-corrected chi connectivity index (χ3v) is 4.11. The second-order valence-electron chi connectivity index (χ2n) is 6.33. The van der Waals surface area contributed by atoms with Gasteiger partial charge in [-0.15, -0.1) is 11.3 Å². The second-order valence-corrected chi connectivity index (χ2v) is 7.31. The van der Waals surface area contributed by atoms with Crippen LogP contribution in [0.2, 0.25) is 0 Å². The molecule has 1 aromatic heterocycles. The van der Waals surface area contributed by atoms with Crippen molar-refractivity contribution in [1.82, 2.24) is 15.2 Å². The first-order valence-corrected chi connectivity index (χ1v) is 8.40. The van der Waals surface area contributed by atoms with Crippen LogP contribution in [0.3, 0.4) is 0 Å². The van der Waals surface area contributed by atoms with E-state index in [1.165, 1.54) is 11.3 Å². The van der Waals surface area contributed by atoms with Crippen LogP contribution in [-0.4, -0.2) is 40.1 Å². The maximum absolute atomic E-state index is 12.4. The minimum absolute atomic E-state index is 0.138. The predicted octanol–water partition coefficient (Wildman–Crippen LogP) is 2.55. The van der Waals surface area contributed by atoms with Gasteiger partial charge in [0.15, 0.2) is 0 Å². The number of ether oxygens (including phenoxy) is 1. The molecule has 0 unspecified atom stereocenters. The van der Waals surface area contributed by atoms with Crippen molar-refractivity contribution in [1.29, 1.82) is 0 Å². The Hall–Kier alpha value is -1.63. The summed E-state index contributed by atoms with van der Waals surface area (Å²) < 4.78 is 5.40. The molecule has 0 aliphatic carbocycles. The lowest BCUT2D eigenvalue weighted by molar-refractivity contribution is -0.127. The number of hydrogen-bond donors (Lipinski definition) is 1. The van der Waals surface area contributed by atoms with Gasteiger partial charge in [-0.25, -0.2) is 9.78 Å². The number of piperidine rings is 1. The number of aromatic nitrogens is 1. The van der Waals surface area contributed by atoms with Crippen molar-refractivity contribution >= 4 is 23.3 Å². The molecule has 1 atom stereocenters. The van der Waals surface area contributed by atoms with Gasteiger partial charge in [-0.05, 0) is 40.0 Å². The number of thiazole rings is 1. The maximum atomic E-state index is 12.4. The average Bonchev–Trinajstić information content (AvgIpc) is 2.96. The van der Waals surface area contributed by atoms with E-state index in [9.17, 15) is 9.59 Å². The molecule has 122 valence electrons. The van der Waals surface area contributed by atoms with Crippen LogP contribution in [0, 0.1) is 0 Å². The molecule has 0 saturated carbocycles. The highest BCUT2D eigenvalue weighted by atomic mass is 32.1. The number of hydrogen-bond acceptors (Lipinski definition) is 5. The van der Waals surface area contributed by atoms with Crippen LogP contribution < -0.4 is 5.32 Å². The Morgan fingerprint density at radius 1 is 1.45 bits per heavy atom. The monoisotopic (exact) mass is 325 g/mol. The van der Waals surface area contributed by atoms with E-state index in [0.717, 1.165) is 17.8 Å². The van der Waals surface area contributed by atoms with Gasteiger partial charge in [0.1, 0.15) is 16.7 Å². The van der Waals surface area contributed by atoms with Gasteiger partial charge in [0.2, 0.25) is 5.91 Å². The quantitative estimate of drug-likeness (QED) is 0.927. The molecular formula is C15H23N3O3S. The van der Waals surface area contributed by atoms with Crippen molar-refractivity contribution in [3.8, 4) is 0 Å². The van der Waals surface area contributed by atoms with E-state index in [4.69, 9.17) is 4.74 Å². The number of nitrogens with zero attached hydrogens (tertiary/aromatic N) is 2. The number of carbonyl (C=O) groups is 2. The van der Waals surface area contributed by atoms with Gasteiger partial charge in [0.05, 0.1) is 6.54 Å². The minimum atomic E-state index is -0.559. The second kappa shape index (κ2) is 7.09. The lowest BCUT2D eigenvalue weighted by Gasteiger charge is -2.35. The molecule has 1 aromatic rings. The molecule has 1 aliphatic rings. The Morgan fingerprint density at radius 2 is 2.23 bits per heavy atom. The van der Waals surface area contributed by atoms with Gasteiger partial charge < -0.3 is 10.1 Å². The first-order chi connectivity index (χ1) is 10.4. The van der Waals surface area contributed by atoms with Gasteiger partial charge in [0, 0.05) is 18.1 Å². The molecule has 2 amide bonds. The van der Waals surface area contributed by atoms with E-state index in [1.807, 2.05) is 26.2 Å². The zero-order valence-corrected chi connectivity index (χ0v) is 14.1. The molecule has 2 rings (SSSR count). The van der Waals surface area contributed by atoms with Gasteiger partial charge in [-0.2, -0.15) is 0 Å². The Bertz CT molecular complexity index is 511. The average molecular weight is 325 g/mol. The molecule has 1 saturated heterocycles. The van der Waals surface area contributed by atoms with E-state index >= 15 is 0 Å². The minimum Gasteiger partial charge on any atom is -0.444 e. The summed E-state index contributed by atoms with van der Waals surface area (Å²) in [6.45, 7) is 6.44. The van der Waals surface area contributed by atoms with Gasteiger partial charge in [-0.1, -0.05) is 0 Å². The van der Waals surface area contributed by atoms with Crippen molar-refractivity contribution in [3.05, 3.63) is 16.6 Å². The van der Waals surface area contributed by atoms with Crippen molar-refractivity contribution in [3.63, 3.8) is 0 Å². The summed E-state index contributed by atoms with van der Waals surface area (Å²) in [4.78, 5) is 30.3. The van der Waals surface area contributed by atoms with Crippen LogP contribution in [-0.2, 0) is 16.1 Å². The summed E-state index contributed by atoms with van der Waals surface area (Å²) >= 11 is 1.50. The molecular weight excluding hydrogens is 302 g/mol. The van der Waals surface area contributed by atoms with Gasteiger partial charge in [-0.3, -0.25) is 9.69 Å².